The molecule has 0 fully saturated rings. The second-order valence-electron chi connectivity index (χ2n) is 5.87. The topological polar surface area (TPSA) is 90.4 Å². The van der Waals surface area contributed by atoms with Crippen LogP contribution in [0.1, 0.15) is 40.7 Å². The normalized spacial score (nSPS) is 15.7. The van der Waals surface area contributed by atoms with E-state index in [9.17, 15) is 4.79 Å². The van der Waals surface area contributed by atoms with E-state index in [4.69, 9.17) is 13.7 Å². The van der Waals surface area contributed by atoms with Crippen molar-refractivity contribution in [2.24, 2.45) is 0 Å². The van der Waals surface area contributed by atoms with Crippen LogP contribution in [0.2, 0.25) is 0 Å². The molecule has 3 heterocycles. The van der Waals surface area contributed by atoms with Gasteiger partial charge in [-0.05, 0) is 6.07 Å². The number of rotatable bonds is 4. The molecule has 4 rings (SSSR count). The number of nitrogens with zero attached hydrogens (tertiary/aromatic N) is 2. The summed E-state index contributed by atoms with van der Waals surface area (Å²) in [6, 6.07) is 7.49. The van der Waals surface area contributed by atoms with Crippen LogP contribution >= 0.6 is 0 Å². The number of benzene rings is 1. The van der Waals surface area contributed by atoms with Gasteiger partial charge in [0.2, 0.25) is 5.76 Å². The zero-order valence-electron chi connectivity index (χ0n) is 13.9. The molecule has 1 aromatic carbocycles. The lowest BCUT2D eigenvalue weighted by molar-refractivity contribution is 0.0901. The minimum absolute atomic E-state index is 0.192. The quantitative estimate of drug-likeness (QED) is 0.785. The van der Waals surface area contributed by atoms with Crippen LogP contribution in [0.15, 0.2) is 39.4 Å². The Balaban J connectivity index is 1.54. The van der Waals surface area contributed by atoms with Crippen LogP contribution < -0.4 is 10.1 Å². The van der Waals surface area contributed by atoms with Crippen LogP contribution in [0.3, 0.4) is 0 Å². The van der Waals surface area contributed by atoms with E-state index in [0.717, 1.165) is 34.8 Å². The van der Waals surface area contributed by atoms with Crippen LogP contribution in [0.5, 0.6) is 5.75 Å². The second kappa shape index (κ2) is 6.08. The average Bonchev–Trinajstić information content (AvgIpc) is 3.34. The van der Waals surface area contributed by atoms with Crippen molar-refractivity contribution in [1.29, 1.82) is 0 Å². The summed E-state index contributed by atoms with van der Waals surface area (Å²) in [5.41, 5.74) is 2.61. The Hall–Kier alpha value is -3.09. The molecule has 0 radical (unpaired) electrons. The van der Waals surface area contributed by atoms with Crippen LogP contribution in [0, 0.1) is 6.92 Å². The molecule has 1 N–H and O–H groups in total. The van der Waals surface area contributed by atoms with Gasteiger partial charge in [-0.25, -0.2) is 4.98 Å². The van der Waals surface area contributed by atoms with Gasteiger partial charge in [-0.2, -0.15) is 0 Å². The fourth-order valence-corrected chi connectivity index (χ4v) is 2.80. The van der Waals surface area contributed by atoms with Gasteiger partial charge in [0.15, 0.2) is 5.89 Å². The van der Waals surface area contributed by atoms with Gasteiger partial charge in [-0.1, -0.05) is 24.2 Å². The second-order valence-corrected chi connectivity index (χ2v) is 5.87. The van der Waals surface area contributed by atoms with Crippen molar-refractivity contribution in [3.05, 3.63) is 53.4 Å². The lowest BCUT2D eigenvalue weighted by atomic mass is 10.0. The van der Waals surface area contributed by atoms with Crippen LogP contribution in [0.25, 0.3) is 11.3 Å². The molecule has 1 aliphatic rings. The molecule has 128 valence electrons. The first-order valence-corrected chi connectivity index (χ1v) is 8.10. The first kappa shape index (κ1) is 15.4. The summed E-state index contributed by atoms with van der Waals surface area (Å²) in [6.45, 7) is 4.08. The van der Waals surface area contributed by atoms with Crippen molar-refractivity contribution in [2.45, 2.75) is 26.3 Å². The Morgan fingerprint density at radius 3 is 2.96 bits per heavy atom. The van der Waals surface area contributed by atoms with E-state index >= 15 is 0 Å². The highest BCUT2D eigenvalue weighted by molar-refractivity contribution is 5.91. The van der Waals surface area contributed by atoms with Crippen molar-refractivity contribution in [1.82, 2.24) is 15.5 Å². The molecule has 3 aromatic rings. The molecule has 1 amide bonds. The maximum atomic E-state index is 12.2. The van der Waals surface area contributed by atoms with Crippen LogP contribution in [-0.2, 0) is 6.42 Å². The SMILES string of the molecule is CCc1cc(-c2ccc3c(c2)OC[C@H]3NC(=O)c2cnc(C)o2)no1. The van der Waals surface area contributed by atoms with Crippen molar-refractivity contribution in [3.63, 3.8) is 0 Å². The summed E-state index contributed by atoms with van der Waals surface area (Å²) in [6.07, 6.45) is 2.21. The Morgan fingerprint density at radius 2 is 2.24 bits per heavy atom. The predicted octanol–water partition coefficient (Wildman–Crippen LogP) is 3.06. The number of aryl methyl sites for hydroxylation is 2. The maximum Gasteiger partial charge on any atom is 0.289 e. The largest absolute Gasteiger partial charge is 0.491 e. The number of hydrogen-bond acceptors (Lipinski definition) is 6. The number of carbonyl (C=O) groups is 1. The average molecular weight is 339 g/mol. The van der Waals surface area contributed by atoms with Gasteiger partial charge in [0.05, 0.1) is 12.2 Å². The summed E-state index contributed by atoms with van der Waals surface area (Å²) < 4.78 is 16.2. The highest BCUT2D eigenvalue weighted by Gasteiger charge is 2.27. The highest BCUT2D eigenvalue weighted by atomic mass is 16.5. The summed E-state index contributed by atoms with van der Waals surface area (Å²) in [5.74, 6) is 1.91. The number of ether oxygens (including phenoxy) is 1. The van der Waals surface area contributed by atoms with E-state index in [-0.39, 0.29) is 17.7 Å². The molecule has 7 nitrogen and oxygen atoms in total. The smallest absolute Gasteiger partial charge is 0.289 e. The summed E-state index contributed by atoms with van der Waals surface area (Å²) in [4.78, 5) is 16.2. The zero-order chi connectivity index (χ0) is 17.4. The molecule has 0 saturated heterocycles. The Labute approximate surface area is 144 Å². The number of nitrogens with one attached hydrogen (secondary N) is 1. The van der Waals surface area contributed by atoms with E-state index in [0.29, 0.717) is 12.5 Å². The number of amides is 1. The monoisotopic (exact) mass is 339 g/mol. The molecule has 25 heavy (non-hydrogen) atoms. The van der Waals surface area contributed by atoms with Crippen molar-refractivity contribution in [2.75, 3.05) is 6.61 Å². The molecule has 0 spiro atoms. The van der Waals surface area contributed by atoms with Crippen molar-refractivity contribution >= 4 is 5.91 Å². The van der Waals surface area contributed by atoms with Crippen molar-refractivity contribution < 1.29 is 18.5 Å². The highest BCUT2D eigenvalue weighted by Crippen LogP contribution is 2.36. The summed E-state index contributed by atoms with van der Waals surface area (Å²) >= 11 is 0. The van der Waals surface area contributed by atoms with Crippen molar-refractivity contribution in [3.8, 4) is 17.0 Å². The third-order valence-corrected chi connectivity index (χ3v) is 4.15. The third kappa shape index (κ3) is 2.88. The van der Waals surface area contributed by atoms with E-state index in [1.807, 2.05) is 31.2 Å². The van der Waals surface area contributed by atoms with Gasteiger partial charge in [0.25, 0.3) is 5.91 Å². The fraction of sp³-hybridized carbons (Fsp3) is 0.278. The Morgan fingerprint density at radius 1 is 1.36 bits per heavy atom. The van der Waals surface area contributed by atoms with E-state index in [1.165, 1.54) is 6.20 Å². The minimum Gasteiger partial charge on any atom is -0.491 e. The van der Waals surface area contributed by atoms with Gasteiger partial charge in [0.1, 0.15) is 23.8 Å². The number of fused-ring (bicyclic) bond motifs is 1. The van der Waals surface area contributed by atoms with Gasteiger partial charge in [-0.15, -0.1) is 0 Å². The standard InChI is InChI=1S/C18H17N3O4/c1-3-12-7-14(21-25-12)11-4-5-13-15(9-23-16(13)6-11)20-18(22)17-8-19-10(2)24-17/h4-8,15H,3,9H2,1-2H3,(H,20,22)/t15-/m1/s1. The Kier molecular flexibility index (Phi) is 3.76. The van der Waals surface area contributed by atoms with Gasteiger partial charge in [0, 0.05) is 30.5 Å². The molecule has 0 unspecified atom stereocenters. The lowest BCUT2D eigenvalue weighted by Crippen LogP contribution is -2.29. The van der Waals surface area contributed by atoms with E-state index < -0.39 is 0 Å². The molecule has 0 bridgehead atoms. The summed E-state index contributed by atoms with van der Waals surface area (Å²) in [7, 11) is 0. The first-order chi connectivity index (χ1) is 12.1. The Bertz CT molecular complexity index is 928. The van der Waals surface area contributed by atoms with E-state index in [1.54, 1.807) is 6.92 Å². The third-order valence-electron chi connectivity index (χ3n) is 4.15. The molecule has 0 saturated carbocycles. The van der Waals surface area contributed by atoms with Gasteiger partial charge >= 0.3 is 0 Å². The molecule has 0 aliphatic carbocycles. The molecular weight excluding hydrogens is 322 g/mol. The maximum absolute atomic E-state index is 12.2. The minimum atomic E-state index is -0.310. The molecular formula is C18H17N3O4. The molecule has 7 heteroatoms. The number of oxazole rings is 1. The molecule has 1 aliphatic heterocycles. The fourth-order valence-electron chi connectivity index (χ4n) is 2.80. The first-order valence-electron chi connectivity index (χ1n) is 8.10. The molecule has 1 atom stereocenters. The van der Waals surface area contributed by atoms with Gasteiger partial charge < -0.3 is 19.0 Å². The summed E-state index contributed by atoms with van der Waals surface area (Å²) in [5, 5.41) is 6.98. The number of carbonyl (C=O) groups excluding carboxylic acids is 1. The van der Waals surface area contributed by atoms with Gasteiger partial charge in [-0.3, -0.25) is 4.79 Å². The zero-order valence-corrected chi connectivity index (χ0v) is 13.9. The number of hydrogen-bond donors (Lipinski definition) is 1. The molecule has 2 aromatic heterocycles. The lowest BCUT2D eigenvalue weighted by Gasteiger charge is -2.10. The van der Waals surface area contributed by atoms with E-state index in [2.05, 4.69) is 15.5 Å². The van der Waals surface area contributed by atoms with Crippen LogP contribution in [0.4, 0.5) is 0 Å². The van der Waals surface area contributed by atoms with Crippen LogP contribution in [-0.4, -0.2) is 22.7 Å². The number of aromatic nitrogens is 2. The predicted molar refractivity (Wildman–Crippen MR) is 88.3 cm³/mol.